The molecule has 1 aromatic carbocycles. The second-order valence-corrected chi connectivity index (χ2v) is 7.93. The summed E-state index contributed by atoms with van der Waals surface area (Å²) in [6.45, 7) is 5.84. The molecule has 0 saturated carbocycles. The lowest BCUT2D eigenvalue weighted by atomic mass is 9.89. The second-order valence-electron chi connectivity index (χ2n) is 6.16. The summed E-state index contributed by atoms with van der Waals surface area (Å²) < 4.78 is 26.4. The summed E-state index contributed by atoms with van der Waals surface area (Å²) in [5, 5.41) is 9.82. The monoisotopic (exact) mass is 314 g/mol. The molecule has 0 bridgehead atoms. The first-order valence-electron chi connectivity index (χ1n) is 6.59. The van der Waals surface area contributed by atoms with Gasteiger partial charge < -0.3 is 10.8 Å². The van der Waals surface area contributed by atoms with E-state index in [9.17, 15) is 18.3 Å². The fourth-order valence-corrected chi connectivity index (χ4v) is 2.94. The lowest BCUT2D eigenvalue weighted by Gasteiger charge is -2.22. The Hall–Kier alpha value is -1.44. The summed E-state index contributed by atoms with van der Waals surface area (Å²) in [6.07, 6.45) is -0.277. The third-order valence-corrected chi connectivity index (χ3v) is 4.25. The quantitative estimate of drug-likeness (QED) is 0.723. The molecule has 0 radical (unpaired) electrons. The standard InChI is InChI=1S/C14H22N2O4S/c1-14(2,3)8-11(17)9-16-21(19,20)12-6-4-10(5-7-12)13(15)18/h4-7,11,16-17H,8-9H2,1-3H3,(H2,15,18). The van der Waals surface area contributed by atoms with Crippen LogP contribution in [0.4, 0.5) is 0 Å². The largest absolute Gasteiger partial charge is 0.392 e. The fraction of sp³-hybridized carbons (Fsp3) is 0.500. The van der Waals surface area contributed by atoms with Crippen molar-refractivity contribution in [2.75, 3.05) is 6.54 Å². The van der Waals surface area contributed by atoms with Crippen LogP contribution in [0.15, 0.2) is 29.2 Å². The van der Waals surface area contributed by atoms with Crippen LogP contribution in [-0.2, 0) is 10.0 Å². The highest BCUT2D eigenvalue weighted by Crippen LogP contribution is 2.20. The molecular weight excluding hydrogens is 292 g/mol. The third kappa shape index (κ3) is 5.82. The molecule has 118 valence electrons. The van der Waals surface area contributed by atoms with Gasteiger partial charge in [0.25, 0.3) is 0 Å². The predicted molar refractivity (Wildman–Crippen MR) is 80.2 cm³/mol. The van der Waals surface area contributed by atoms with Crippen LogP contribution in [0.3, 0.4) is 0 Å². The molecule has 1 amide bonds. The van der Waals surface area contributed by atoms with Crippen LogP contribution in [0.5, 0.6) is 0 Å². The van der Waals surface area contributed by atoms with Gasteiger partial charge in [-0.2, -0.15) is 0 Å². The van der Waals surface area contributed by atoms with E-state index in [4.69, 9.17) is 5.73 Å². The normalized spacial score (nSPS) is 13.9. The van der Waals surface area contributed by atoms with Crippen molar-refractivity contribution in [3.63, 3.8) is 0 Å². The van der Waals surface area contributed by atoms with E-state index >= 15 is 0 Å². The van der Waals surface area contributed by atoms with Crippen molar-refractivity contribution in [2.24, 2.45) is 11.1 Å². The molecule has 7 heteroatoms. The molecule has 0 heterocycles. The SMILES string of the molecule is CC(C)(C)CC(O)CNS(=O)(=O)c1ccc(C(N)=O)cc1. The van der Waals surface area contributed by atoms with Crippen molar-refractivity contribution >= 4 is 15.9 Å². The van der Waals surface area contributed by atoms with Gasteiger partial charge in [-0.3, -0.25) is 4.79 Å². The first kappa shape index (κ1) is 17.6. The Morgan fingerprint density at radius 2 is 1.81 bits per heavy atom. The van der Waals surface area contributed by atoms with Crippen molar-refractivity contribution in [2.45, 2.75) is 38.2 Å². The molecule has 1 rings (SSSR count). The van der Waals surface area contributed by atoms with Gasteiger partial charge in [0.15, 0.2) is 0 Å². The molecule has 0 aliphatic carbocycles. The number of aliphatic hydroxyl groups is 1. The van der Waals surface area contributed by atoms with Crippen molar-refractivity contribution in [1.29, 1.82) is 0 Å². The predicted octanol–water partition coefficient (Wildman–Crippen LogP) is 0.861. The van der Waals surface area contributed by atoms with E-state index in [1.807, 2.05) is 20.8 Å². The van der Waals surface area contributed by atoms with Crippen molar-refractivity contribution in [3.05, 3.63) is 29.8 Å². The highest BCUT2D eigenvalue weighted by Gasteiger charge is 2.20. The van der Waals surface area contributed by atoms with Crippen molar-refractivity contribution < 1.29 is 18.3 Å². The second kappa shape index (κ2) is 6.55. The van der Waals surface area contributed by atoms with E-state index in [1.165, 1.54) is 24.3 Å². The Morgan fingerprint density at radius 1 is 1.29 bits per heavy atom. The van der Waals surface area contributed by atoms with E-state index in [0.29, 0.717) is 6.42 Å². The molecule has 0 spiro atoms. The van der Waals surface area contributed by atoms with Gasteiger partial charge in [0, 0.05) is 12.1 Å². The summed E-state index contributed by atoms with van der Waals surface area (Å²) in [5.74, 6) is -0.618. The molecule has 0 aliphatic rings. The van der Waals surface area contributed by atoms with Crippen LogP contribution >= 0.6 is 0 Å². The number of sulfonamides is 1. The summed E-state index contributed by atoms with van der Waals surface area (Å²) in [4.78, 5) is 11.0. The summed E-state index contributed by atoms with van der Waals surface area (Å²) >= 11 is 0. The number of rotatable bonds is 6. The molecular formula is C14H22N2O4S. The Bertz CT molecular complexity index is 588. The lowest BCUT2D eigenvalue weighted by molar-refractivity contribution is 0.1000. The van der Waals surface area contributed by atoms with Crippen molar-refractivity contribution in [3.8, 4) is 0 Å². The van der Waals surface area contributed by atoms with E-state index in [-0.39, 0.29) is 22.4 Å². The number of nitrogens with two attached hydrogens (primary N) is 1. The maximum Gasteiger partial charge on any atom is 0.248 e. The number of benzene rings is 1. The van der Waals surface area contributed by atoms with Gasteiger partial charge in [0.05, 0.1) is 11.0 Å². The number of carbonyl (C=O) groups is 1. The summed E-state index contributed by atoms with van der Waals surface area (Å²) in [7, 11) is -3.72. The van der Waals surface area contributed by atoms with Gasteiger partial charge in [0.1, 0.15) is 0 Å². The lowest BCUT2D eigenvalue weighted by Crippen LogP contribution is -2.34. The molecule has 1 unspecified atom stereocenters. The number of primary amides is 1. The van der Waals surface area contributed by atoms with Crippen LogP contribution in [0.2, 0.25) is 0 Å². The Balaban J connectivity index is 2.71. The van der Waals surface area contributed by atoms with E-state index in [0.717, 1.165) is 0 Å². The molecule has 0 saturated heterocycles. The van der Waals surface area contributed by atoms with Crippen LogP contribution in [-0.4, -0.2) is 32.1 Å². The average Bonchev–Trinajstić information content (AvgIpc) is 2.34. The summed E-state index contributed by atoms with van der Waals surface area (Å²) in [6, 6.07) is 5.31. The van der Waals surface area contributed by atoms with Crippen molar-refractivity contribution in [1.82, 2.24) is 4.72 Å². The minimum Gasteiger partial charge on any atom is -0.392 e. The average molecular weight is 314 g/mol. The van der Waals surface area contributed by atoms with Gasteiger partial charge in [-0.1, -0.05) is 20.8 Å². The maximum absolute atomic E-state index is 12.0. The highest BCUT2D eigenvalue weighted by atomic mass is 32.2. The molecule has 1 atom stereocenters. The number of aliphatic hydroxyl groups excluding tert-OH is 1. The zero-order valence-corrected chi connectivity index (χ0v) is 13.3. The molecule has 4 N–H and O–H groups in total. The first-order chi connectivity index (χ1) is 9.51. The van der Waals surface area contributed by atoms with Gasteiger partial charge in [-0.05, 0) is 36.1 Å². The van der Waals surface area contributed by atoms with E-state index < -0.39 is 22.0 Å². The Labute approximate surface area is 125 Å². The zero-order chi connectivity index (χ0) is 16.3. The summed E-state index contributed by atoms with van der Waals surface area (Å²) in [5.41, 5.74) is 5.24. The Morgan fingerprint density at radius 3 is 2.24 bits per heavy atom. The van der Waals surface area contributed by atoms with Gasteiger partial charge in [0.2, 0.25) is 15.9 Å². The zero-order valence-electron chi connectivity index (χ0n) is 12.5. The van der Waals surface area contributed by atoms with Crippen LogP contribution < -0.4 is 10.5 Å². The third-order valence-electron chi connectivity index (χ3n) is 2.81. The van der Waals surface area contributed by atoms with Gasteiger partial charge in [-0.25, -0.2) is 13.1 Å². The highest BCUT2D eigenvalue weighted by molar-refractivity contribution is 7.89. The molecule has 0 aliphatic heterocycles. The van der Waals surface area contributed by atoms with Crippen LogP contribution in [0, 0.1) is 5.41 Å². The van der Waals surface area contributed by atoms with Crippen LogP contribution in [0.1, 0.15) is 37.6 Å². The molecule has 21 heavy (non-hydrogen) atoms. The van der Waals surface area contributed by atoms with Gasteiger partial charge >= 0.3 is 0 Å². The fourth-order valence-electron chi connectivity index (χ4n) is 1.87. The number of nitrogens with one attached hydrogen (secondary N) is 1. The topological polar surface area (TPSA) is 109 Å². The number of carbonyl (C=O) groups excluding carboxylic acids is 1. The number of hydrogen-bond donors (Lipinski definition) is 3. The number of amides is 1. The molecule has 0 aromatic heterocycles. The minimum absolute atomic E-state index is 0.0236. The first-order valence-corrected chi connectivity index (χ1v) is 8.07. The van der Waals surface area contributed by atoms with E-state index in [1.54, 1.807) is 0 Å². The maximum atomic E-state index is 12.0. The Kier molecular flexibility index (Phi) is 5.49. The van der Waals surface area contributed by atoms with E-state index in [2.05, 4.69) is 4.72 Å². The molecule has 0 fully saturated rings. The molecule has 6 nitrogen and oxygen atoms in total. The van der Waals surface area contributed by atoms with Gasteiger partial charge in [-0.15, -0.1) is 0 Å². The van der Waals surface area contributed by atoms with Crippen LogP contribution in [0.25, 0.3) is 0 Å². The minimum atomic E-state index is -3.72. The smallest absolute Gasteiger partial charge is 0.248 e. The number of hydrogen-bond acceptors (Lipinski definition) is 4. The molecule has 1 aromatic rings.